The van der Waals surface area contributed by atoms with Gasteiger partial charge in [0.05, 0.1) is 12.4 Å². The highest BCUT2D eigenvalue weighted by Crippen LogP contribution is 2.28. The van der Waals surface area contributed by atoms with Crippen LogP contribution in [0.2, 0.25) is 0 Å². The average Bonchev–Trinajstić information content (AvgIpc) is 3.01. The van der Waals surface area contributed by atoms with E-state index in [1.165, 1.54) is 12.8 Å². The number of rotatable bonds is 10. The van der Waals surface area contributed by atoms with E-state index < -0.39 is 10.0 Å². The van der Waals surface area contributed by atoms with Gasteiger partial charge in [0.2, 0.25) is 10.0 Å². The van der Waals surface area contributed by atoms with Crippen molar-refractivity contribution in [3.8, 4) is 0 Å². The van der Waals surface area contributed by atoms with E-state index >= 15 is 0 Å². The van der Waals surface area contributed by atoms with Gasteiger partial charge in [-0.2, -0.15) is 0 Å². The van der Waals surface area contributed by atoms with Gasteiger partial charge in [-0.25, -0.2) is 13.1 Å². The van der Waals surface area contributed by atoms with E-state index in [9.17, 15) is 8.42 Å². The van der Waals surface area contributed by atoms with Gasteiger partial charge in [0, 0.05) is 19.7 Å². The summed E-state index contributed by atoms with van der Waals surface area (Å²) in [6, 6.07) is 0. The summed E-state index contributed by atoms with van der Waals surface area (Å²) in [7, 11) is -3.13. The van der Waals surface area contributed by atoms with E-state index in [1.807, 2.05) is 6.92 Å². The summed E-state index contributed by atoms with van der Waals surface area (Å²) in [5, 5.41) is 2.98. The normalized spacial score (nSPS) is 16.6. The van der Waals surface area contributed by atoms with E-state index in [1.54, 1.807) is 0 Å². The Labute approximate surface area is 98.0 Å². The molecule has 0 spiro atoms. The third-order valence-electron chi connectivity index (χ3n) is 2.42. The Bertz CT molecular complexity index is 276. The molecule has 0 aromatic carbocycles. The standard InChI is InChI=1S/C10H22N2O3S/c1-2-11-6-8-16(13,14)12-5-7-15-9-10-3-4-10/h10-12H,2-9H2,1H3. The number of sulfonamides is 1. The SMILES string of the molecule is CCNCCS(=O)(=O)NCCOCC1CC1. The lowest BCUT2D eigenvalue weighted by molar-refractivity contribution is 0.129. The topological polar surface area (TPSA) is 67.4 Å². The zero-order valence-electron chi connectivity index (χ0n) is 9.87. The molecule has 16 heavy (non-hydrogen) atoms. The number of nitrogens with one attached hydrogen (secondary N) is 2. The number of ether oxygens (including phenoxy) is 1. The van der Waals surface area contributed by atoms with Crippen LogP contribution < -0.4 is 10.0 Å². The molecule has 2 N–H and O–H groups in total. The van der Waals surface area contributed by atoms with E-state index in [4.69, 9.17) is 4.74 Å². The molecule has 0 aliphatic heterocycles. The predicted octanol–water partition coefficient (Wildman–Crippen LogP) is -0.0581. The average molecular weight is 250 g/mol. The monoisotopic (exact) mass is 250 g/mol. The van der Waals surface area contributed by atoms with Gasteiger partial charge < -0.3 is 10.1 Å². The molecule has 1 saturated carbocycles. The highest BCUT2D eigenvalue weighted by atomic mass is 32.2. The molecular weight excluding hydrogens is 228 g/mol. The highest BCUT2D eigenvalue weighted by Gasteiger charge is 2.20. The quantitative estimate of drug-likeness (QED) is 0.533. The van der Waals surface area contributed by atoms with E-state index in [0.717, 1.165) is 19.1 Å². The van der Waals surface area contributed by atoms with Crippen LogP contribution >= 0.6 is 0 Å². The second kappa shape index (κ2) is 7.21. The Kier molecular flexibility index (Phi) is 6.26. The summed E-state index contributed by atoms with van der Waals surface area (Å²) in [4.78, 5) is 0. The number of hydrogen-bond donors (Lipinski definition) is 2. The molecule has 0 heterocycles. The van der Waals surface area contributed by atoms with Crippen molar-refractivity contribution in [2.75, 3.05) is 38.6 Å². The Balaban J connectivity index is 1.96. The van der Waals surface area contributed by atoms with Crippen molar-refractivity contribution in [3.63, 3.8) is 0 Å². The Hall–Kier alpha value is -0.170. The minimum Gasteiger partial charge on any atom is -0.380 e. The highest BCUT2D eigenvalue weighted by molar-refractivity contribution is 7.89. The summed E-state index contributed by atoms with van der Waals surface area (Å²) in [5.74, 6) is 0.856. The minimum absolute atomic E-state index is 0.128. The summed E-state index contributed by atoms with van der Waals surface area (Å²) in [5.41, 5.74) is 0. The molecule has 0 saturated heterocycles. The maximum absolute atomic E-state index is 11.4. The Morgan fingerprint density at radius 3 is 2.69 bits per heavy atom. The fourth-order valence-electron chi connectivity index (χ4n) is 1.26. The van der Waals surface area contributed by atoms with Crippen LogP contribution in [0.5, 0.6) is 0 Å². The summed E-state index contributed by atoms with van der Waals surface area (Å²) in [6.45, 7) is 4.86. The molecule has 1 rings (SSSR count). The van der Waals surface area contributed by atoms with Gasteiger partial charge >= 0.3 is 0 Å². The maximum Gasteiger partial charge on any atom is 0.212 e. The van der Waals surface area contributed by atoms with Crippen LogP contribution in [0.4, 0.5) is 0 Å². The van der Waals surface area contributed by atoms with Crippen LogP contribution in [0.1, 0.15) is 19.8 Å². The Morgan fingerprint density at radius 1 is 1.31 bits per heavy atom. The molecule has 6 heteroatoms. The molecule has 1 aliphatic carbocycles. The first-order chi connectivity index (χ1) is 7.64. The molecule has 96 valence electrons. The minimum atomic E-state index is -3.13. The van der Waals surface area contributed by atoms with Crippen LogP contribution in [-0.4, -0.2) is 47.0 Å². The molecule has 1 aliphatic rings. The van der Waals surface area contributed by atoms with Crippen molar-refractivity contribution in [1.82, 2.24) is 10.0 Å². The second-order valence-corrected chi connectivity index (χ2v) is 6.01. The Morgan fingerprint density at radius 2 is 2.06 bits per heavy atom. The van der Waals surface area contributed by atoms with Crippen molar-refractivity contribution >= 4 is 10.0 Å². The summed E-state index contributed by atoms with van der Waals surface area (Å²) < 4.78 is 30.7. The van der Waals surface area contributed by atoms with Gasteiger partial charge in [-0.15, -0.1) is 0 Å². The predicted molar refractivity (Wildman–Crippen MR) is 63.9 cm³/mol. The molecule has 0 amide bonds. The molecule has 0 aromatic rings. The lowest BCUT2D eigenvalue weighted by Gasteiger charge is -2.07. The van der Waals surface area contributed by atoms with Gasteiger partial charge in [0.1, 0.15) is 0 Å². The molecule has 1 fully saturated rings. The van der Waals surface area contributed by atoms with Gasteiger partial charge in [-0.1, -0.05) is 6.92 Å². The third-order valence-corrected chi connectivity index (χ3v) is 3.80. The summed E-state index contributed by atoms with van der Waals surface area (Å²) in [6.07, 6.45) is 2.52. The van der Waals surface area contributed by atoms with Gasteiger partial charge in [0.15, 0.2) is 0 Å². The van der Waals surface area contributed by atoms with Crippen molar-refractivity contribution in [2.45, 2.75) is 19.8 Å². The smallest absolute Gasteiger partial charge is 0.212 e. The largest absolute Gasteiger partial charge is 0.380 e. The zero-order valence-corrected chi connectivity index (χ0v) is 10.7. The van der Waals surface area contributed by atoms with E-state index in [0.29, 0.717) is 19.7 Å². The molecule has 5 nitrogen and oxygen atoms in total. The molecule has 0 aromatic heterocycles. The van der Waals surface area contributed by atoms with Crippen molar-refractivity contribution in [2.24, 2.45) is 5.92 Å². The molecular formula is C10H22N2O3S. The van der Waals surface area contributed by atoms with Gasteiger partial charge in [-0.3, -0.25) is 0 Å². The molecule has 0 unspecified atom stereocenters. The maximum atomic E-state index is 11.4. The van der Waals surface area contributed by atoms with Gasteiger partial charge in [-0.05, 0) is 25.3 Å². The number of hydrogen-bond acceptors (Lipinski definition) is 4. The molecule has 0 bridgehead atoms. The van der Waals surface area contributed by atoms with Crippen molar-refractivity contribution < 1.29 is 13.2 Å². The van der Waals surface area contributed by atoms with Crippen molar-refractivity contribution in [1.29, 1.82) is 0 Å². The van der Waals surface area contributed by atoms with Crippen LogP contribution in [0.25, 0.3) is 0 Å². The van der Waals surface area contributed by atoms with E-state index in [-0.39, 0.29) is 5.75 Å². The van der Waals surface area contributed by atoms with E-state index in [2.05, 4.69) is 10.0 Å². The second-order valence-electron chi connectivity index (χ2n) is 4.09. The third kappa shape index (κ3) is 7.16. The lowest BCUT2D eigenvalue weighted by atomic mass is 10.5. The first-order valence-corrected chi connectivity index (χ1v) is 7.55. The van der Waals surface area contributed by atoms with Crippen LogP contribution in [0, 0.1) is 5.92 Å². The fraction of sp³-hybridized carbons (Fsp3) is 1.00. The first-order valence-electron chi connectivity index (χ1n) is 5.90. The summed E-state index contributed by atoms with van der Waals surface area (Å²) >= 11 is 0. The first kappa shape index (κ1) is 13.9. The van der Waals surface area contributed by atoms with Gasteiger partial charge in [0.25, 0.3) is 0 Å². The van der Waals surface area contributed by atoms with Crippen LogP contribution in [0.3, 0.4) is 0 Å². The lowest BCUT2D eigenvalue weighted by Crippen LogP contribution is -2.33. The van der Waals surface area contributed by atoms with Crippen LogP contribution in [-0.2, 0) is 14.8 Å². The molecule has 0 atom stereocenters. The van der Waals surface area contributed by atoms with Crippen LogP contribution in [0.15, 0.2) is 0 Å². The molecule has 0 radical (unpaired) electrons. The zero-order chi connectivity index (χ0) is 11.9. The van der Waals surface area contributed by atoms with Crippen molar-refractivity contribution in [3.05, 3.63) is 0 Å². The fourth-order valence-corrected chi connectivity index (χ4v) is 2.21.